The molecule has 12 nitrogen and oxygen atoms in total. The summed E-state index contributed by atoms with van der Waals surface area (Å²) >= 11 is 6.12. The fourth-order valence-corrected chi connectivity index (χ4v) is 8.87. The Hall–Kier alpha value is -5.32. The van der Waals surface area contributed by atoms with Gasteiger partial charge in [-0.1, -0.05) is 16.1 Å². The Balaban J connectivity index is 0.792. The summed E-state index contributed by atoms with van der Waals surface area (Å²) in [6.07, 6.45) is 4.17. The highest BCUT2D eigenvalue weighted by molar-refractivity contribution is 6.31. The standard InChI is InChI=1S/C41H40ClFN6O6/c42-35-19-32(8-3-26(35)20-44)55-31-9-6-30(7-10-31)49(43)39(52)25-1-4-29(5-2-25)47-15-13-24(14-16-47)21-46-22-27-17-33-34(18-28(27)23-46)41(54)48(40(33)53)36-11-12-37(50)45-38(36)51/h1-5,8,17-19,24,30-31,36H,6-7,9-16,21-23H2,(H,45,50,51)/t30?,31?,36-/m1/s1. The van der Waals surface area contributed by atoms with E-state index in [4.69, 9.17) is 21.6 Å². The number of nitrogens with zero attached hydrogens (tertiary/aromatic N) is 5. The van der Waals surface area contributed by atoms with Gasteiger partial charge in [-0.3, -0.25) is 39.1 Å². The van der Waals surface area contributed by atoms with Gasteiger partial charge in [-0.05, 0) is 111 Å². The molecule has 1 atom stereocenters. The van der Waals surface area contributed by atoms with Crippen LogP contribution in [-0.4, -0.2) is 82.3 Å². The molecule has 1 saturated carbocycles. The van der Waals surface area contributed by atoms with E-state index in [1.165, 1.54) is 0 Å². The summed E-state index contributed by atoms with van der Waals surface area (Å²) in [4.78, 5) is 69.3. The Bertz CT molecular complexity index is 2060. The topological polar surface area (TPSA) is 143 Å². The van der Waals surface area contributed by atoms with E-state index in [1.54, 1.807) is 42.5 Å². The molecule has 14 heteroatoms. The number of carbonyl (C=O) groups excluding carboxylic acids is 5. The van der Waals surface area contributed by atoms with E-state index in [0.29, 0.717) is 82.8 Å². The monoisotopic (exact) mass is 766 g/mol. The zero-order valence-corrected chi connectivity index (χ0v) is 30.9. The Morgan fingerprint density at radius 3 is 2.15 bits per heavy atom. The van der Waals surface area contributed by atoms with E-state index in [2.05, 4.69) is 15.1 Å². The van der Waals surface area contributed by atoms with Crippen LogP contribution in [0.3, 0.4) is 0 Å². The highest BCUT2D eigenvalue weighted by Gasteiger charge is 2.45. The van der Waals surface area contributed by atoms with Crippen molar-refractivity contribution in [3.8, 4) is 11.8 Å². The number of anilines is 1. The molecular weight excluding hydrogens is 727 g/mol. The molecule has 0 bridgehead atoms. The van der Waals surface area contributed by atoms with Crippen molar-refractivity contribution < 1.29 is 33.2 Å². The average Bonchev–Trinajstić information content (AvgIpc) is 3.69. The Kier molecular flexibility index (Phi) is 10.0. The highest BCUT2D eigenvalue weighted by atomic mass is 35.5. The van der Waals surface area contributed by atoms with Crippen LogP contribution in [0.1, 0.15) is 99.1 Å². The summed E-state index contributed by atoms with van der Waals surface area (Å²) in [5.74, 6) is -1.60. The molecule has 3 aromatic rings. The molecule has 55 heavy (non-hydrogen) atoms. The van der Waals surface area contributed by atoms with Gasteiger partial charge in [-0.15, -0.1) is 0 Å². The molecule has 1 N–H and O–H groups in total. The summed E-state index contributed by atoms with van der Waals surface area (Å²) in [6.45, 7) is 3.93. The molecule has 1 aliphatic carbocycles. The molecular formula is C41H40ClFN6O6. The molecule has 5 amide bonds. The Labute approximate surface area is 322 Å². The van der Waals surface area contributed by atoms with Crippen molar-refractivity contribution in [3.63, 3.8) is 0 Å². The first-order valence-electron chi connectivity index (χ1n) is 18.9. The normalized spacial score (nSPS) is 23.0. The number of imide groups is 2. The third-order valence-electron chi connectivity index (χ3n) is 11.7. The summed E-state index contributed by atoms with van der Waals surface area (Å²) in [5, 5.41) is 12.0. The first-order valence-corrected chi connectivity index (χ1v) is 19.2. The predicted molar refractivity (Wildman–Crippen MR) is 199 cm³/mol. The third-order valence-corrected chi connectivity index (χ3v) is 12.0. The van der Waals surface area contributed by atoms with Gasteiger partial charge < -0.3 is 9.64 Å². The summed E-state index contributed by atoms with van der Waals surface area (Å²) < 4.78 is 21.4. The molecule has 284 valence electrons. The van der Waals surface area contributed by atoms with Crippen LogP contribution >= 0.6 is 11.6 Å². The zero-order valence-electron chi connectivity index (χ0n) is 30.1. The number of ether oxygens (including phenoxy) is 1. The lowest BCUT2D eigenvalue weighted by molar-refractivity contribution is -0.136. The van der Waals surface area contributed by atoms with Crippen LogP contribution in [0.2, 0.25) is 5.02 Å². The van der Waals surface area contributed by atoms with Crippen molar-refractivity contribution >= 4 is 46.8 Å². The second-order valence-electron chi connectivity index (χ2n) is 15.2. The van der Waals surface area contributed by atoms with Crippen molar-refractivity contribution in [1.29, 1.82) is 5.26 Å². The van der Waals surface area contributed by atoms with Gasteiger partial charge in [-0.2, -0.15) is 10.4 Å². The number of hydrogen-bond acceptors (Lipinski definition) is 9. The number of nitriles is 1. The summed E-state index contributed by atoms with van der Waals surface area (Å²) in [6, 6.07) is 16.2. The van der Waals surface area contributed by atoms with E-state index in [9.17, 15) is 24.0 Å². The SMILES string of the molecule is N#Cc1ccc(OC2CCC(N(F)C(=O)c3ccc(N4CCC(CN5Cc6cc7c(cc6C5)C(=O)N([C@@H]5CCC(=O)NC5=O)C7=O)CC4)cc3)CC2)cc1Cl. The fraction of sp³-hybridized carbons (Fsp3) is 0.415. The lowest BCUT2D eigenvalue weighted by Gasteiger charge is -2.35. The van der Waals surface area contributed by atoms with E-state index < -0.39 is 41.6 Å². The van der Waals surface area contributed by atoms with Gasteiger partial charge in [0, 0.05) is 56.5 Å². The molecule has 0 aromatic heterocycles. The Morgan fingerprint density at radius 2 is 1.55 bits per heavy atom. The number of piperidine rings is 2. The van der Waals surface area contributed by atoms with Crippen LogP contribution in [0.4, 0.5) is 10.2 Å². The second-order valence-corrected chi connectivity index (χ2v) is 15.6. The van der Waals surface area contributed by atoms with Gasteiger partial charge in [0.25, 0.3) is 17.7 Å². The third kappa shape index (κ3) is 7.28. The zero-order chi connectivity index (χ0) is 38.4. The molecule has 5 aliphatic rings. The maximum atomic E-state index is 15.3. The van der Waals surface area contributed by atoms with Crippen LogP contribution in [0.15, 0.2) is 54.6 Å². The lowest BCUT2D eigenvalue weighted by atomic mass is 9.92. The fourth-order valence-electron chi connectivity index (χ4n) is 8.65. The highest BCUT2D eigenvalue weighted by Crippen LogP contribution is 2.35. The van der Waals surface area contributed by atoms with Crippen molar-refractivity contribution in [2.24, 2.45) is 5.92 Å². The van der Waals surface area contributed by atoms with E-state index in [1.807, 2.05) is 18.2 Å². The molecule has 4 aliphatic heterocycles. The van der Waals surface area contributed by atoms with Crippen molar-refractivity contribution in [2.45, 2.75) is 82.6 Å². The van der Waals surface area contributed by atoms with Crippen molar-refractivity contribution in [1.82, 2.24) is 20.2 Å². The summed E-state index contributed by atoms with van der Waals surface area (Å²) in [7, 11) is 0. The second kappa shape index (κ2) is 15.1. The van der Waals surface area contributed by atoms with Crippen molar-refractivity contribution in [3.05, 3.63) is 93.0 Å². The van der Waals surface area contributed by atoms with Gasteiger partial charge in [0.1, 0.15) is 17.9 Å². The van der Waals surface area contributed by atoms with Gasteiger partial charge in [0.15, 0.2) is 0 Å². The number of nitrogens with one attached hydrogen (secondary N) is 1. The number of halogens is 2. The molecule has 0 radical (unpaired) electrons. The average molecular weight is 767 g/mol. The molecule has 8 rings (SSSR count). The smallest absolute Gasteiger partial charge is 0.281 e. The van der Waals surface area contributed by atoms with Crippen LogP contribution in [0.25, 0.3) is 0 Å². The van der Waals surface area contributed by atoms with E-state index in [0.717, 1.165) is 54.2 Å². The molecule has 0 spiro atoms. The minimum Gasteiger partial charge on any atom is -0.490 e. The minimum atomic E-state index is -0.977. The van der Waals surface area contributed by atoms with E-state index >= 15 is 4.48 Å². The maximum Gasteiger partial charge on any atom is 0.281 e. The number of rotatable bonds is 8. The first kappa shape index (κ1) is 36.6. The number of carbonyl (C=O) groups is 5. The maximum absolute atomic E-state index is 15.3. The number of amides is 5. The van der Waals surface area contributed by atoms with Crippen molar-refractivity contribution in [2.75, 3.05) is 24.5 Å². The number of fused-ring (bicyclic) bond motifs is 2. The Morgan fingerprint density at radius 1 is 0.891 bits per heavy atom. The quantitative estimate of drug-likeness (QED) is 0.230. The number of hydrogen-bond donors (Lipinski definition) is 1. The van der Waals surface area contributed by atoms with E-state index in [-0.39, 0.29) is 18.9 Å². The molecule has 4 heterocycles. The summed E-state index contributed by atoms with van der Waals surface area (Å²) in [5.41, 5.74) is 4.32. The molecule has 2 saturated heterocycles. The van der Waals surface area contributed by atoms with Crippen LogP contribution in [0, 0.1) is 17.2 Å². The lowest BCUT2D eigenvalue weighted by Crippen LogP contribution is -2.54. The van der Waals surface area contributed by atoms with Gasteiger partial charge in [-0.25, -0.2) is 0 Å². The van der Waals surface area contributed by atoms with Crippen LogP contribution < -0.4 is 15.0 Å². The van der Waals surface area contributed by atoms with Gasteiger partial charge >= 0.3 is 0 Å². The minimum absolute atomic E-state index is 0.0849. The van der Waals surface area contributed by atoms with Crippen LogP contribution in [0.5, 0.6) is 5.75 Å². The molecule has 3 fully saturated rings. The first-order chi connectivity index (χ1) is 26.6. The molecule has 0 unspecified atom stereocenters. The van der Waals surface area contributed by atoms with Crippen LogP contribution in [-0.2, 0) is 22.7 Å². The molecule has 3 aromatic carbocycles. The van der Waals surface area contributed by atoms with Gasteiger partial charge in [0.05, 0.1) is 33.9 Å². The van der Waals surface area contributed by atoms with Gasteiger partial charge in [0.2, 0.25) is 11.8 Å². The number of benzene rings is 3. The predicted octanol–water partition coefficient (Wildman–Crippen LogP) is 5.56. The largest absolute Gasteiger partial charge is 0.490 e.